The molecule has 0 heterocycles. The fraction of sp³-hybridized carbons (Fsp3) is 0.333. The van der Waals surface area contributed by atoms with Crippen LogP contribution in [0.5, 0.6) is 0 Å². The minimum absolute atomic E-state index is 0.0523. The molecular formula is C39H44BrN3O4S. The summed E-state index contributed by atoms with van der Waals surface area (Å²) in [5.41, 5.74) is 4.09. The predicted octanol–water partition coefficient (Wildman–Crippen LogP) is 7.78. The van der Waals surface area contributed by atoms with Crippen LogP contribution in [0.1, 0.15) is 67.7 Å². The number of nitrogens with one attached hydrogen (secondary N) is 1. The third-order valence-corrected chi connectivity index (χ3v) is 11.2. The molecule has 1 aliphatic carbocycles. The molecule has 1 saturated carbocycles. The molecule has 1 aliphatic rings. The smallest absolute Gasteiger partial charge is 0.264 e. The number of aryl methyl sites for hydroxylation is 1. The van der Waals surface area contributed by atoms with Gasteiger partial charge in [0.2, 0.25) is 11.8 Å². The van der Waals surface area contributed by atoms with Crippen molar-refractivity contribution >= 4 is 43.5 Å². The Morgan fingerprint density at radius 3 is 2.12 bits per heavy atom. The molecule has 0 spiro atoms. The average Bonchev–Trinajstić information content (AvgIpc) is 3.59. The third kappa shape index (κ3) is 8.94. The number of hydrogen-bond acceptors (Lipinski definition) is 4. The second-order valence-corrected chi connectivity index (χ2v) is 15.7. The van der Waals surface area contributed by atoms with Crippen molar-refractivity contribution in [3.63, 3.8) is 0 Å². The Kier molecular flexibility index (Phi) is 11.8. The van der Waals surface area contributed by atoms with E-state index in [1.54, 1.807) is 41.3 Å². The summed E-state index contributed by atoms with van der Waals surface area (Å²) in [5, 5.41) is 3.22. The summed E-state index contributed by atoms with van der Waals surface area (Å²) in [5.74, 6) is -0.454. The standard InChI is InChI=1S/C39H44BrN3O4S/c1-28(2)32-18-20-35(21-19-32)43(48(46,47)36-22-16-29(3)17-23-36)27-38(44)42(26-31-12-9-13-33(40)24-31)37(25-30-10-5-4-6-11-30)39(45)41-34-14-7-8-15-34/h4-6,9-13,16-24,28,34,37H,7-8,14-15,25-27H2,1-3H3,(H,41,45)/t37-/m0/s1. The number of nitrogens with zero attached hydrogens (tertiary/aromatic N) is 2. The van der Waals surface area contributed by atoms with Gasteiger partial charge in [-0.1, -0.05) is 115 Å². The van der Waals surface area contributed by atoms with Crippen LogP contribution >= 0.6 is 15.9 Å². The molecule has 1 fully saturated rings. The quantitative estimate of drug-likeness (QED) is 0.152. The highest BCUT2D eigenvalue weighted by Crippen LogP contribution is 2.28. The van der Waals surface area contributed by atoms with Gasteiger partial charge in [0.1, 0.15) is 12.6 Å². The molecule has 0 aromatic heterocycles. The van der Waals surface area contributed by atoms with Crippen molar-refractivity contribution in [1.82, 2.24) is 10.2 Å². The molecule has 0 unspecified atom stereocenters. The van der Waals surface area contributed by atoms with Crippen LogP contribution in [0.2, 0.25) is 0 Å². The Hall–Kier alpha value is -3.95. The Labute approximate surface area is 293 Å². The van der Waals surface area contributed by atoms with Gasteiger partial charge in [0, 0.05) is 23.5 Å². The maximum absolute atomic E-state index is 14.7. The molecule has 2 amide bonds. The molecule has 0 aliphatic heterocycles. The van der Waals surface area contributed by atoms with E-state index in [9.17, 15) is 18.0 Å². The van der Waals surface area contributed by atoms with E-state index >= 15 is 0 Å². The lowest BCUT2D eigenvalue weighted by molar-refractivity contribution is -0.140. The van der Waals surface area contributed by atoms with E-state index in [2.05, 4.69) is 35.1 Å². The molecule has 1 atom stereocenters. The summed E-state index contributed by atoms with van der Waals surface area (Å²) < 4.78 is 30.7. The number of halogens is 1. The summed E-state index contributed by atoms with van der Waals surface area (Å²) in [6.07, 6.45) is 4.19. The van der Waals surface area contributed by atoms with Crippen LogP contribution < -0.4 is 9.62 Å². The second kappa shape index (κ2) is 16.0. The molecule has 0 bridgehead atoms. The first-order valence-corrected chi connectivity index (χ1v) is 18.8. The summed E-state index contributed by atoms with van der Waals surface area (Å²) in [6, 6.07) is 30.4. The average molecular weight is 731 g/mol. The number of benzene rings is 4. The molecule has 5 rings (SSSR count). The molecule has 7 nitrogen and oxygen atoms in total. The maximum Gasteiger partial charge on any atom is 0.264 e. The summed E-state index contributed by atoms with van der Waals surface area (Å²) in [6.45, 7) is 5.68. The number of carbonyl (C=O) groups is 2. The van der Waals surface area contributed by atoms with Gasteiger partial charge >= 0.3 is 0 Å². The van der Waals surface area contributed by atoms with E-state index in [0.29, 0.717) is 5.69 Å². The topological polar surface area (TPSA) is 86.8 Å². The van der Waals surface area contributed by atoms with Crippen molar-refractivity contribution in [2.45, 2.75) is 82.3 Å². The molecule has 9 heteroatoms. The molecule has 0 radical (unpaired) electrons. The van der Waals surface area contributed by atoms with E-state index in [1.165, 1.54) is 4.31 Å². The molecule has 1 N–H and O–H groups in total. The molecule has 48 heavy (non-hydrogen) atoms. The van der Waals surface area contributed by atoms with Gasteiger partial charge in [0.05, 0.1) is 10.6 Å². The van der Waals surface area contributed by atoms with Crippen molar-refractivity contribution in [3.05, 3.63) is 130 Å². The Morgan fingerprint density at radius 1 is 0.854 bits per heavy atom. The van der Waals surface area contributed by atoms with Gasteiger partial charge in [0.15, 0.2) is 0 Å². The van der Waals surface area contributed by atoms with E-state index < -0.39 is 28.5 Å². The maximum atomic E-state index is 14.7. The lowest BCUT2D eigenvalue weighted by Gasteiger charge is -2.34. The minimum atomic E-state index is -4.16. The largest absolute Gasteiger partial charge is 0.352 e. The van der Waals surface area contributed by atoms with Crippen LogP contribution in [0.15, 0.2) is 112 Å². The zero-order valence-corrected chi connectivity index (χ0v) is 30.2. The van der Waals surface area contributed by atoms with Gasteiger partial charge in [-0.15, -0.1) is 0 Å². The van der Waals surface area contributed by atoms with E-state index in [1.807, 2.05) is 73.7 Å². The third-order valence-electron chi connectivity index (χ3n) is 8.95. The molecule has 0 saturated heterocycles. The normalized spacial score (nSPS) is 14.1. The van der Waals surface area contributed by atoms with Gasteiger partial charge in [0.25, 0.3) is 10.0 Å². The van der Waals surface area contributed by atoms with Gasteiger partial charge in [-0.25, -0.2) is 8.42 Å². The van der Waals surface area contributed by atoms with Crippen LogP contribution in [0, 0.1) is 6.92 Å². The first kappa shape index (κ1) is 35.4. The number of sulfonamides is 1. The lowest BCUT2D eigenvalue weighted by Crippen LogP contribution is -2.54. The number of anilines is 1. The highest BCUT2D eigenvalue weighted by Gasteiger charge is 2.35. The van der Waals surface area contributed by atoms with E-state index in [0.717, 1.165) is 52.4 Å². The molecule has 4 aromatic rings. The first-order valence-electron chi connectivity index (χ1n) is 16.6. The number of hydrogen-bond donors (Lipinski definition) is 1. The van der Waals surface area contributed by atoms with Crippen molar-refractivity contribution in [1.29, 1.82) is 0 Å². The zero-order valence-electron chi connectivity index (χ0n) is 27.8. The number of amides is 2. The van der Waals surface area contributed by atoms with E-state index in [4.69, 9.17) is 0 Å². The van der Waals surface area contributed by atoms with Gasteiger partial charge < -0.3 is 10.2 Å². The fourth-order valence-electron chi connectivity index (χ4n) is 6.15. The zero-order chi connectivity index (χ0) is 34.3. The van der Waals surface area contributed by atoms with E-state index in [-0.39, 0.29) is 35.7 Å². The predicted molar refractivity (Wildman–Crippen MR) is 195 cm³/mol. The van der Waals surface area contributed by atoms with Crippen molar-refractivity contribution in [3.8, 4) is 0 Å². The second-order valence-electron chi connectivity index (χ2n) is 12.9. The highest BCUT2D eigenvalue weighted by atomic mass is 79.9. The Morgan fingerprint density at radius 2 is 1.50 bits per heavy atom. The van der Waals surface area contributed by atoms with Gasteiger partial charge in [-0.3, -0.25) is 13.9 Å². The van der Waals surface area contributed by atoms with Crippen LogP contribution in [0.3, 0.4) is 0 Å². The first-order chi connectivity index (χ1) is 23.0. The summed E-state index contributed by atoms with van der Waals surface area (Å²) in [4.78, 5) is 30.5. The molecule has 252 valence electrons. The Bertz CT molecular complexity index is 1790. The number of carbonyl (C=O) groups excluding carboxylic acids is 2. The Balaban J connectivity index is 1.57. The monoisotopic (exact) mass is 729 g/mol. The lowest BCUT2D eigenvalue weighted by atomic mass is 10.0. The van der Waals surface area contributed by atoms with Crippen LogP contribution in [-0.4, -0.2) is 43.8 Å². The molecule has 4 aromatic carbocycles. The molecular weight excluding hydrogens is 686 g/mol. The van der Waals surface area contributed by atoms with Crippen LogP contribution in [0.4, 0.5) is 5.69 Å². The van der Waals surface area contributed by atoms with Crippen molar-refractivity contribution in [2.75, 3.05) is 10.8 Å². The van der Waals surface area contributed by atoms with Crippen LogP contribution in [-0.2, 0) is 32.6 Å². The van der Waals surface area contributed by atoms with Crippen molar-refractivity contribution in [2.24, 2.45) is 0 Å². The number of rotatable bonds is 13. The summed E-state index contributed by atoms with van der Waals surface area (Å²) in [7, 11) is -4.16. The highest BCUT2D eigenvalue weighted by molar-refractivity contribution is 9.10. The fourth-order valence-corrected chi connectivity index (χ4v) is 8.01. The van der Waals surface area contributed by atoms with Crippen molar-refractivity contribution < 1.29 is 18.0 Å². The van der Waals surface area contributed by atoms with Gasteiger partial charge in [-0.05, 0) is 78.8 Å². The minimum Gasteiger partial charge on any atom is -0.352 e. The summed E-state index contributed by atoms with van der Waals surface area (Å²) >= 11 is 3.54. The van der Waals surface area contributed by atoms with Crippen LogP contribution in [0.25, 0.3) is 0 Å². The van der Waals surface area contributed by atoms with Gasteiger partial charge in [-0.2, -0.15) is 0 Å². The SMILES string of the molecule is Cc1ccc(S(=O)(=O)N(CC(=O)N(Cc2cccc(Br)c2)[C@@H](Cc2ccccc2)C(=O)NC2CCCC2)c2ccc(C(C)C)cc2)cc1.